The number of imidazole rings is 1. The summed E-state index contributed by atoms with van der Waals surface area (Å²) in [7, 11) is 0. The predicted octanol–water partition coefficient (Wildman–Crippen LogP) is 5.03. The SMILES string of the molecule is Cc1cnc2ccc(-c3cccnc3-c3cccc(Cl)c3)cn12. The average molecular weight is 320 g/mol. The second-order valence-corrected chi connectivity index (χ2v) is 5.89. The van der Waals surface area contributed by atoms with E-state index in [9.17, 15) is 0 Å². The van der Waals surface area contributed by atoms with Gasteiger partial charge in [0.1, 0.15) is 5.65 Å². The number of benzene rings is 1. The number of fused-ring (bicyclic) bond motifs is 1. The zero-order valence-electron chi connectivity index (χ0n) is 12.6. The standard InChI is InChI=1S/C19H14ClN3/c1-13-11-22-18-8-7-15(12-23(13)18)17-6-3-9-21-19(17)14-4-2-5-16(20)10-14/h2-12H,1H3. The highest BCUT2D eigenvalue weighted by molar-refractivity contribution is 6.30. The fourth-order valence-corrected chi connectivity index (χ4v) is 2.96. The fourth-order valence-electron chi connectivity index (χ4n) is 2.77. The van der Waals surface area contributed by atoms with Crippen molar-refractivity contribution in [2.75, 3.05) is 0 Å². The van der Waals surface area contributed by atoms with E-state index in [1.807, 2.05) is 49.5 Å². The second kappa shape index (κ2) is 5.52. The van der Waals surface area contributed by atoms with Crippen LogP contribution >= 0.6 is 11.6 Å². The van der Waals surface area contributed by atoms with Crippen LogP contribution in [0.3, 0.4) is 0 Å². The predicted molar refractivity (Wildman–Crippen MR) is 93.6 cm³/mol. The van der Waals surface area contributed by atoms with Crippen LogP contribution in [0, 0.1) is 6.92 Å². The van der Waals surface area contributed by atoms with Gasteiger partial charge in [0.05, 0.1) is 5.69 Å². The van der Waals surface area contributed by atoms with Gasteiger partial charge in [-0.1, -0.05) is 29.8 Å². The molecule has 0 N–H and O–H groups in total. The molecule has 1 aromatic carbocycles. The van der Waals surface area contributed by atoms with E-state index in [2.05, 4.69) is 32.7 Å². The Labute approximate surface area is 139 Å². The Balaban J connectivity index is 1.93. The molecule has 3 nitrogen and oxygen atoms in total. The lowest BCUT2D eigenvalue weighted by atomic mass is 10.0. The monoisotopic (exact) mass is 319 g/mol. The minimum atomic E-state index is 0.708. The summed E-state index contributed by atoms with van der Waals surface area (Å²) in [5, 5.41) is 0.708. The fraction of sp³-hybridized carbons (Fsp3) is 0.0526. The van der Waals surface area contributed by atoms with Crippen molar-refractivity contribution in [2.24, 2.45) is 0 Å². The molecule has 4 rings (SSSR count). The van der Waals surface area contributed by atoms with Gasteiger partial charge in [-0.05, 0) is 37.3 Å². The van der Waals surface area contributed by atoms with Crippen molar-refractivity contribution in [3.63, 3.8) is 0 Å². The van der Waals surface area contributed by atoms with Crippen LogP contribution in [0.25, 0.3) is 28.0 Å². The van der Waals surface area contributed by atoms with Gasteiger partial charge in [-0.15, -0.1) is 0 Å². The molecule has 0 aliphatic carbocycles. The molecule has 3 heterocycles. The van der Waals surface area contributed by atoms with Crippen LogP contribution in [0.5, 0.6) is 0 Å². The van der Waals surface area contributed by atoms with Crippen LogP contribution in [0.15, 0.2) is 67.1 Å². The first-order chi connectivity index (χ1) is 11.2. The maximum atomic E-state index is 6.14. The second-order valence-electron chi connectivity index (χ2n) is 5.46. The van der Waals surface area contributed by atoms with Gasteiger partial charge in [-0.25, -0.2) is 4.98 Å². The Kier molecular flexibility index (Phi) is 3.36. The van der Waals surface area contributed by atoms with E-state index in [0.717, 1.165) is 33.7 Å². The number of pyridine rings is 2. The van der Waals surface area contributed by atoms with Crippen LogP contribution in [0.2, 0.25) is 5.02 Å². The van der Waals surface area contributed by atoms with E-state index in [1.54, 1.807) is 6.20 Å². The van der Waals surface area contributed by atoms with Crippen molar-refractivity contribution in [2.45, 2.75) is 6.92 Å². The van der Waals surface area contributed by atoms with E-state index in [4.69, 9.17) is 11.6 Å². The summed E-state index contributed by atoms with van der Waals surface area (Å²) in [6, 6.07) is 15.9. The molecule has 0 unspecified atom stereocenters. The largest absolute Gasteiger partial charge is 0.304 e. The van der Waals surface area contributed by atoms with Crippen molar-refractivity contribution in [1.82, 2.24) is 14.4 Å². The van der Waals surface area contributed by atoms with Gasteiger partial charge in [-0.2, -0.15) is 0 Å². The highest BCUT2D eigenvalue weighted by Crippen LogP contribution is 2.31. The molecule has 112 valence electrons. The average Bonchev–Trinajstić information content (AvgIpc) is 2.95. The molecule has 0 saturated carbocycles. The molecular weight excluding hydrogens is 306 g/mol. The third-order valence-electron chi connectivity index (χ3n) is 3.91. The molecule has 0 radical (unpaired) electrons. The Hall–Kier alpha value is -2.65. The van der Waals surface area contributed by atoms with Gasteiger partial charge in [0.25, 0.3) is 0 Å². The van der Waals surface area contributed by atoms with Gasteiger partial charge >= 0.3 is 0 Å². The zero-order chi connectivity index (χ0) is 15.8. The molecule has 3 aromatic heterocycles. The normalized spacial score (nSPS) is 11.0. The number of aromatic nitrogens is 3. The molecule has 0 fully saturated rings. The van der Waals surface area contributed by atoms with Crippen LogP contribution in [-0.2, 0) is 0 Å². The quantitative estimate of drug-likeness (QED) is 0.519. The van der Waals surface area contributed by atoms with Gasteiger partial charge in [0.2, 0.25) is 0 Å². The van der Waals surface area contributed by atoms with Crippen molar-refractivity contribution >= 4 is 17.2 Å². The number of hydrogen-bond acceptors (Lipinski definition) is 2. The van der Waals surface area contributed by atoms with Gasteiger partial charge in [-0.3, -0.25) is 4.98 Å². The number of rotatable bonds is 2. The van der Waals surface area contributed by atoms with Crippen LogP contribution in [-0.4, -0.2) is 14.4 Å². The third kappa shape index (κ3) is 2.49. The molecule has 0 aliphatic heterocycles. The minimum absolute atomic E-state index is 0.708. The molecule has 4 aromatic rings. The zero-order valence-corrected chi connectivity index (χ0v) is 13.3. The molecular formula is C19H14ClN3. The number of hydrogen-bond donors (Lipinski definition) is 0. The van der Waals surface area contributed by atoms with Crippen molar-refractivity contribution in [3.8, 4) is 22.4 Å². The summed E-state index contributed by atoms with van der Waals surface area (Å²) in [6.45, 7) is 2.05. The lowest BCUT2D eigenvalue weighted by molar-refractivity contribution is 1.11. The van der Waals surface area contributed by atoms with Crippen molar-refractivity contribution in [1.29, 1.82) is 0 Å². The maximum Gasteiger partial charge on any atom is 0.136 e. The maximum absolute atomic E-state index is 6.14. The molecule has 0 amide bonds. The number of halogens is 1. The number of aryl methyl sites for hydroxylation is 1. The first kappa shape index (κ1) is 14.0. The first-order valence-electron chi connectivity index (χ1n) is 7.37. The molecule has 23 heavy (non-hydrogen) atoms. The summed E-state index contributed by atoms with van der Waals surface area (Å²) in [6.07, 6.45) is 5.78. The highest BCUT2D eigenvalue weighted by Gasteiger charge is 2.10. The van der Waals surface area contributed by atoms with Crippen LogP contribution in [0.1, 0.15) is 5.69 Å². The molecule has 0 aliphatic rings. The van der Waals surface area contributed by atoms with Gasteiger partial charge < -0.3 is 4.40 Å². The van der Waals surface area contributed by atoms with Gasteiger partial charge in [0.15, 0.2) is 0 Å². The van der Waals surface area contributed by atoms with Crippen molar-refractivity contribution < 1.29 is 0 Å². The topological polar surface area (TPSA) is 30.2 Å². The lowest BCUT2D eigenvalue weighted by Gasteiger charge is -2.10. The van der Waals surface area contributed by atoms with E-state index < -0.39 is 0 Å². The van der Waals surface area contributed by atoms with Crippen LogP contribution < -0.4 is 0 Å². The summed E-state index contributed by atoms with van der Waals surface area (Å²) in [5.74, 6) is 0. The van der Waals surface area contributed by atoms with E-state index in [0.29, 0.717) is 5.02 Å². The highest BCUT2D eigenvalue weighted by atomic mass is 35.5. The molecule has 0 atom stereocenters. The summed E-state index contributed by atoms with van der Waals surface area (Å²) in [5.41, 5.74) is 6.16. The smallest absolute Gasteiger partial charge is 0.136 e. The summed E-state index contributed by atoms with van der Waals surface area (Å²) < 4.78 is 2.09. The first-order valence-corrected chi connectivity index (χ1v) is 7.75. The lowest BCUT2D eigenvalue weighted by Crippen LogP contribution is -1.92. The van der Waals surface area contributed by atoms with E-state index in [-0.39, 0.29) is 0 Å². The number of nitrogens with zero attached hydrogens (tertiary/aromatic N) is 3. The van der Waals surface area contributed by atoms with Gasteiger partial charge in [0, 0.05) is 46.0 Å². The Morgan fingerprint density at radius 2 is 1.87 bits per heavy atom. The Morgan fingerprint density at radius 3 is 2.74 bits per heavy atom. The van der Waals surface area contributed by atoms with Crippen molar-refractivity contribution in [3.05, 3.63) is 77.8 Å². The molecule has 0 bridgehead atoms. The molecule has 4 heteroatoms. The summed E-state index contributed by atoms with van der Waals surface area (Å²) >= 11 is 6.14. The molecule has 0 saturated heterocycles. The minimum Gasteiger partial charge on any atom is -0.304 e. The molecule has 0 spiro atoms. The van der Waals surface area contributed by atoms with E-state index in [1.165, 1.54) is 0 Å². The van der Waals surface area contributed by atoms with Crippen LogP contribution in [0.4, 0.5) is 0 Å². The Morgan fingerprint density at radius 1 is 0.957 bits per heavy atom. The Bertz CT molecular complexity index is 1000. The third-order valence-corrected chi connectivity index (χ3v) is 4.14. The van der Waals surface area contributed by atoms with E-state index >= 15 is 0 Å². The summed E-state index contributed by atoms with van der Waals surface area (Å²) in [4.78, 5) is 8.95.